The zero-order valence-corrected chi connectivity index (χ0v) is 16.3. The molecule has 3 aromatic rings. The number of ether oxygens (including phenoxy) is 2. The van der Waals surface area contributed by atoms with Crippen LogP contribution in [0.5, 0.6) is 11.5 Å². The number of benzene rings is 1. The summed E-state index contributed by atoms with van der Waals surface area (Å²) in [7, 11) is 3.18. The maximum Gasteiger partial charge on any atom is 0.246 e. The second-order valence-electron chi connectivity index (χ2n) is 5.72. The molecule has 1 amide bonds. The number of thiophene rings is 1. The number of methoxy groups -OCH3 is 2. The monoisotopic (exact) mass is 387 g/mol. The molecule has 142 valence electrons. The van der Waals surface area contributed by atoms with Crippen molar-refractivity contribution in [2.75, 3.05) is 20.8 Å². The van der Waals surface area contributed by atoms with Gasteiger partial charge in [0.15, 0.2) is 11.5 Å². The summed E-state index contributed by atoms with van der Waals surface area (Å²) in [4.78, 5) is 16.6. The number of aromatic nitrogens is 4. The number of nitrogens with zero attached hydrogens (tertiary/aromatic N) is 5. The molecule has 0 unspecified atom stereocenters. The highest BCUT2D eigenvalue weighted by atomic mass is 32.1. The van der Waals surface area contributed by atoms with E-state index in [1.807, 2.05) is 42.6 Å². The lowest BCUT2D eigenvalue weighted by Gasteiger charge is -2.21. The lowest BCUT2D eigenvalue weighted by atomic mass is 10.2. The Balaban J connectivity index is 1.67. The van der Waals surface area contributed by atoms with Gasteiger partial charge in [-0.25, -0.2) is 0 Å². The minimum absolute atomic E-state index is 0.0412. The van der Waals surface area contributed by atoms with Crippen molar-refractivity contribution in [1.29, 1.82) is 0 Å². The second-order valence-corrected chi connectivity index (χ2v) is 6.67. The standard InChI is InChI=1S/C18H21N5O3S/c1-4-22(11-13-7-8-14(25-2)15(10-13)26-3)17(24)12-23-20-18(19-21-23)16-6-5-9-27-16/h5-10H,4,11-12H2,1-3H3. The lowest BCUT2D eigenvalue weighted by Crippen LogP contribution is -2.33. The average Bonchev–Trinajstić information content (AvgIpc) is 3.37. The number of rotatable bonds is 8. The summed E-state index contributed by atoms with van der Waals surface area (Å²) in [6.45, 7) is 3.01. The van der Waals surface area contributed by atoms with Crippen LogP contribution in [0.3, 0.4) is 0 Å². The highest BCUT2D eigenvalue weighted by molar-refractivity contribution is 7.13. The van der Waals surface area contributed by atoms with Gasteiger partial charge < -0.3 is 14.4 Å². The van der Waals surface area contributed by atoms with Gasteiger partial charge in [-0.2, -0.15) is 4.80 Å². The van der Waals surface area contributed by atoms with Gasteiger partial charge in [-0.05, 0) is 41.3 Å². The molecule has 9 heteroatoms. The van der Waals surface area contributed by atoms with Crippen LogP contribution in [0.1, 0.15) is 12.5 Å². The Labute approximate surface area is 161 Å². The Hall–Kier alpha value is -2.94. The summed E-state index contributed by atoms with van der Waals surface area (Å²) in [5.41, 5.74) is 0.952. The highest BCUT2D eigenvalue weighted by Crippen LogP contribution is 2.28. The van der Waals surface area contributed by atoms with Crippen molar-refractivity contribution < 1.29 is 14.3 Å². The molecular weight excluding hydrogens is 366 g/mol. The maximum absolute atomic E-state index is 12.7. The van der Waals surface area contributed by atoms with Crippen molar-refractivity contribution in [3.05, 3.63) is 41.3 Å². The highest BCUT2D eigenvalue weighted by Gasteiger charge is 2.16. The smallest absolute Gasteiger partial charge is 0.246 e. The molecule has 0 atom stereocenters. The molecule has 3 rings (SSSR count). The average molecular weight is 387 g/mol. The molecule has 0 saturated carbocycles. The van der Waals surface area contributed by atoms with Crippen molar-refractivity contribution in [3.63, 3.8) is 0 Å². The molecule has 0 aliphatic carbocycles. The zero-order valence-electron chi connectivity index (χ0n) is 15.5. The summed E-state index contributed by atoms with van der Waals surface area (Å²) in [5, 5.41) is 14.2. The molecule has 2 aromatic heterocycles. The van der Waals surface area contributed by atoms with Crippen LogP contribution in [0.4, 0.5) is 0 Å². The minimum Gasteiger partial charge on any atom is -0.493 e. The number of likely N-dealkylation sites (N-methyl/N-ethyl adjacent to an activating group) is 1. The van der Waals surface area contributed by atoms with Gasteiger partial charge in [0.05, 0.1) is 19.1 Å². The predicted molar refractivity (Wildman–Crippen MR) is 102 cm³/mol. The van der Waals surface area contributed by atoms with Crippen LogP contribution in [-0.2, 0) is 17.9 Å². The van der Waals surface area contributed by atoms with E-state index in [1.54, 1.807) is 19.1 Å². The zero-order chi connectivity index (χ0) is 19.2. The Morgan fingerprint density at radius 2 is 2.04 bits per heavy atom. The van der Waals surface area contributed by atoms with Gasteiger partial charge in [0.2, 0.25) is 11.7 Å². The molecule has 0 spiro atoms. The van der Waals surface area contributed by atoms with E-state index in [0.29, 0.717) is 30.4 Å². The summed E-state index contributed by atoms with van der Waals surface area (Å²) in [6.07, 6.45) is 0. The molecule has 0 radical (unpaired) electrons. The Bertz CT molecular complexity index is 894. The molecule has 0 fully saturated rings. The number of amides is 1. The number of carbonyl (C=O) groups excluding carboxylic acids is 1. The van der Waals surface area contributed by atoms with Gasteiger partial charge in [0.1, 0.15) is 6.54 Å². The first kappa shape index (κ1) is 18.8. The molecular formula is C18H21N5O3S. The number of hydrogen-bond acceptors (Lipinski definition) is 7. The molecule has 0 aliphatic rings. The maximum atomic E-state index is 12.7. The number of hydrogen-bond donors (Lipinski definition) is 0. The van der Waals surface area contributed by atoms with Crippen LogP contribution in [0.25, 0.3) is 10.7 Å². The van der Waals surface area contributed by atoms with Gasteiger partial charge in [-0.15, -0.1) is 21.5 Å². The molecule has 0 saturated heterocycles. The van der Waals surface area contributed by atoms with E-state index in [0.717, 1.165) is 10.4 Å². The molecule has 0 bridgehead atoms. The van der Waals surface area contributed by atoms with E-state index < -0.39 is 0 Å². The fourth-order valence-electron chi connectivity index (χ4n) is 2.61. The molecule has 0 aliphatic heterocycles. The van der Waals surface area contributed by atoms with Crippen LogP contribution in [-0.4, -0.2) is 51.8 Å². The quantitative estimate of drug-likeness (QED) is 0.591. The van der Waals surface area contributed by atoms with E-state index >= 15 is 0 Å². The van der Waals surface area contributed by atoms with Gasteiger partial charge >= 0.3 is 0 Å². The first-order chi connectivity index (χ1) is 13.1. The van der Waals surface area contributed by atoms with Crippen LogP contribution < -0.4 is 9.47 Å². The summed E-state index contributed by atoms with van der Waals surface area (Å²) in [6, 6.07) is 9.47. The fraction of sp³-hybridized carbons (Fsp3) is 0.333. The minimum atomic E-state index is -0.0811. The largest absolute Gasteiger partial charge is 0.493 e. The Morgan fingerprint density at radius 3 is 2.70 bits per heavy atom. The molecule has 0 N–H and O–H groups in total. The first-order valence-electron chi connectivity index (χ1n) is 8.45. The van der Waals surface area contributed by atoms with Gasteiger partial charge in [-0.1, -0.05) is 12.1 Å². The van der Waals surface area contributed by atoms with Crippen LogP contribution in [0.2, 0.25) is 0 Å². The lowest BCUT2D eigenvalue weighted by molar-refractivity contribution is -0.132. The molecule has 27 heavy (non-hydrogen) atoms. The van der Waals surface area contributed by atoms with Crippen LogP contribution in [0, 0.1) is 0 Å². The van der Waals surface area contributed by atoms with Crippen molar-refractivity contribution in [2.45, 2.75) is 20.0 Å². The second kappa shape index (κ2) is 8.63. The normalized spacial score (nSPS) is 10.6. The van der Waals surface area contributed by atoms with Gasteiger partial charge in [0, 0.05) is 13.1 Å². The third kappa shape index (κ3) is 4.43. The summed E-state index contributed by atoms with van der Waals surface area (Å²) in [5.74, 6) is 1.74. The number of carbonyl (C=O) groups is 1. The van der Waals surface area contributed by atoms with Gasteiger partial charge in [0.25, 0.3) is 0 Å². The third-order valence-electron chi connectivity index (χ3n) is 4.03. The van der Waals surface area contributed by atoms with E-state index in [9.17, 15) is 4.79 Å². The molecule has 8 nitrogen and oxygen atoms in total. The molecule has 1 aromatic carbocycles. The van der Waals surface area contributed by atoms with E-state index in [4.69, 9.17) is 9.47 Å². The van der Waals surface area contributed by atoms with Crippen LogP contribution in [0.15, 0.2) is 35.7 Å². The first-order valence-corrected chi connectivity index (χ1v) is 9.33. The SMILES string of the molecule is CCN(Cc1ccc(OC)c(OC)c1)C(=O)Cn1nnc(-c2cccs2)n1. The topological polar surface area (TPSA) is 82.4 Å². The van der Waals surface area contributed by atoms with Crippen molar-refractivity contribution >= 4 is 17.2 Å². The fourth-order valence-corrected chi connectivity index (χ4v) is 3.26. The van der Waals surface area contributed by atoms with Gasteiger partial charge in [-0.3, -0.25) is 4.79 Å². The van der Waals surface area contributed by atoms with E-state index in [2.05, 4.69) is 15.4 Å². The van der Waals surface area contributed by atoms with E-state index in [1.165, 1.54) is 16.1 Å². The van der Waals surface area contributed by atoms with Crippen molar-refractivity contribution in [3.8, 4) is 22.2 Å². The number of tetrazole rings is 1. The van der Waals surface area contributed by atoms with Crippen LogP contribution >= 0.6 is 11.3 Å². The van der Waals surface area contributed by atoms with E-state index in [-0.39, 0.29) is 12.5 Å². The predicted octanol–water partition coefficient (Wildman–Crippen LogP) is 2.47. The van der Waals surface area contributed by atoms with Crippen molar-refractivity contribution in [1.82, 2.24) is 25.1 Å². The summed E-state index contributed by atoms with van der Waals surface area (Å²) >= 11 is 1.53. The Kier molecular flexibility index (Phi) is 6.02. The Morgan fingerprint density at radius 1 is 1.22 bits per heavy atom. The summed E-state index contributed by atoms with van der Waals surface area (Å²) < 4.78 is 10.6. The van der Waals surface area contributed by atoms with Crippen molar-refractivity contribution in [2.24, 2.45) is 0 Å². The molecule has 2 heterocycles. The third-order valence-corrected chi connectivity index (χ3v) is 4.89.